The van der Waals surface area contributed by atoms with Crippen LogP contribution in [0.5, 0.6) is 0 Å². The van der Waals surface area contributed by atoms with E-state index in [4.69, 9.17) is 4.42 Å². The van der Waals surface area contributed by atoms with Crippen LogP contribution in [-0.2, 0) is 13.0 Å². The van der Waals surface area contributed by atoms with Gasteiger partial charge in [0.2, 0.25) is 5.89 Å². The highest BCUT2D eigenvalue weighted by Crippen LogP contribution is 2.28. The van der Waals surface area contributed by atoms with Gasteiger partial charge in [-0.1, -0.05) is 18.2 Å². The normalized spacial score (nSPS) is 13.6. The molecule has 0 atom stereocenters. The third-order valence-electron chi connectivity index (χ3n) is 3.23. The van der Waals surface area contributed by atoms with Crippen molar-refractivity contribution in [1.82, 2.24) is 10.3 Å². The largest absolute Gasteiger partial charge is 0.447 e. The molecule has 0 fully saturated rings. The lowest BCUT2D eigenvalue weighted by molar-refractivity contribution is 0.0984. The lowest BCUT2D eigenvalue weighted by Crippen LogP contribution is -2.29. The summed E-state index contributed by atoms with van der Waals surface area (Å²) in [6.45, 7) is 1.22. The highest BCUT2D eigenvalue weighted by Gasteiger charge is 2.27. The van der Waals surface area contributed by atoms with Gasteiger partial charge in [0.1, 0.15) is 6.26 Å². The van der Waals surface area contributed by atoms with Crippen LogP contribution >= 0.6 is 0 Å². The number of oxazole rings is 1. The van der Waals surface area contributed by atoms with Crippen LogP contribution in [0.4, 0.5) is 5.69 Å². The summed E-state index contributed by atoms with van der Waals surface area (Å²) < 4.78 is 5.25. The van der Waals surface area contributed by atoms with Crippen LogP contribution < -0.4 is 10.2 Å². The minimum Gasteiger partial charge on any atom is -0.447 e. The topological polar surface area (TPSA) is 58.4 Å². The molecule has 0 aliphatic carbocycles. The molecule has 1 N–H and O–H groups in total. The van der Waals surface area contributed by atoms with Crippen molar-refractivity contribution in [2.24, 2.45) is 0 Å². The summed E-state index contributed by atoms with van der Waals surface area (Å²) in [6, 6.07) is 7.96. The number of nitrogens with zero attached hydrogens (tertiary/aromatic N) is 2. The summed E-state index contributed by atoms with van der Waals surface area (Å²) in [4.78, 5) is 18.4. The van der Waals surface area contributed by atoms with Crippen molar-refractivity contribution in [3.63, 3.8) is 0 Å². The first-order chi connectivity index (χ1) is 9.29. The molecule has 1 aromatic carbocycles. The molecule has 5 heteroatoms. The molecule has 1 aliphatic rings. The summed E-state index contributed by atoms with van der Waals surface area (Å²) >= 11 is 0. The number of para-hydroxylation sites is 1. The molecule has 0 bridgehead atoms. The summed E-state index contributed by atoms with van der Waals surface area (Å²) in [5.74, 6) is 0.425. The van der Waals surface area contributed by atoms with Gasteiger partial charge in [-0.15, -0.1) is 0 Å². The fourth-order valence-corrected chi connectivity index (χ4v) is 2.33. The van der Waals surface area contributed by atoms with Crippen molar-refractivity contribution in [2.45, 2.75) is 13.0 Å². The second-order valence-corrected chi connectivity index (χ2v) is 4.49. The molecule has 0 unspecified atom stereocenters. The van der Waals surface area contributed by atoms with Crippen molar-refractivity contribution < 1.29 is 9.21 Å². The third-order valence-corrected chi connectivity index (χ3v) is 3.23. The zero-order valence-electron chi connectivity index (χ0n) is 10.7. The van der Waals surface area contributed by atoms with E-state index in [2.05, 4.69) is 16.4 Å². The Hall–Kier alpha value is -2.14. The standard InChI is InChI=1S/C14H15N3O2/c1-15-8-13-16-11(9-19-13)14(18)17-7-6-10-4-2-3-5-12(10)17/h2-5,9,15H,6-8H2,1H3. The molecular weight excluding hydrogens is 242 g/mol. The zero-order chi connectivity index (χ0) is 13.2. The quantitative estimate of drug-likeness (QED) is 0.907. The molecule has 0 spiro atoms. The van der Waals surface area contributed by atoms with Crippen LogP contribution in [0.3, 0.4) is 0 Å². The van der Waals surface area contributed by atoms with E-state index in [1.165, 1.54) is 11.8 Å². The number of carbonyl (C=O) groups is 1. The molecule has 5 nitrogen and oxygen atoms in total. The van der Waals surface area contributed by atoms with Crippen LogP contribution in [-0.4, -0.2) is 24.5 Å². The Labute approximate surface area is 111 Å². The first-order valence-corrected chi connectivity index (χ1v) is 6.28. The Morgan fingerprint density at radius 2 is 2.32 bits per heavy atom. The predicted molar refractivity (Wildman–Crippen MR) is 71.1 cm³/mol. The van der Waals surface area contributed by atoms with Gasteiger partial charge < -0.3 is 14.6 Å². The monoisotopic (exact) mass is 257 g/mol. The zero-order valence-corrected chi connectivity index (χ0v) is 10.7. The number of carbonyl (C=O) groups excluding carboxylic acids is 1. The molecule has 0 radical (unpaired) electrons. The SMILES string of the molecule is CNCc1nc(C(=O)N2CCc3ccccc32)co1. The van der Waals surface area contributed by atoms with Crippen molar-refractivity contribution in [3.8, 4) is 0 Å². The number of amides is 1. The van der Waals surface area contributed by atoms with Crippen LogP contribution in [0.25, 0.3) is 0 Å². The van der Waals surface area contributed by atoms with E-state index in [-0.39, 0.29) is 5.91 Å². The third kappa shape index (κ3) is 2.13. The predicted octanol–water partition coefficient (Wildman–Crippen LogP) is 1.60. The second-order valence-electron chi connectivity index (χ2n) is 4.49. The minimum atomic E-state index is -0.101. The maximum Gasteiger partial charge on any atom is 0.280 e. The van der Waals surface area contributed by atoms with Gasteiger partial charge >= 0.3 is 0 Å². The lowest BCUT2D eigenvalue weighted by atomic mass is 10.2. The maximum atomic E-state index is 12.4. The van der Waals surface area contributed by atoms with Gasteiger partial charge in [-0.3, -0.25) is 4.79 Å². The first kappa shape index (κ1) is 11.9. The van der Waals surface area contributed by atoms with Crippen LogP contribution in [0.2, 0.25) is 0 Å². The fraction of sp³-hybridized carbons (Fsp3) is 0.286. The van der Waals surface area contributed by atoms with E-state index in [9.17, 15) is 4.79 Å². The molecule has 1 amide bonds. The van der Waals surface area contributed by atoms with Crippen molar-refractivity contribution in [2.75, 3.05) is 18.5 Å². The molecule has 19 heavy (non-hydrogen) atoms. The highest BCUT2D eigenvalue weighted by atomic mass is 16.3. The van der Waals surface area contributed by atoms with Gasteiger partial charge in [-0.2, -0.15) is 0 Å². The minimum absolute atomic E-state index is 0.101. The van der Waals surface area contributed by atoms with Gasteiger partial charge in [0.05, 0.1) is 6.54 Å². The number of hydrogen-bond donors (Lipinski definition) is 1. The molecule has 0 saturated heterocycles. The molecular formula is C14H15N3O2. The van der Waals surface area contributed by atoms with Crippen LogP contribution in [0.15, 0.2) is 34.9 Å². The molecule has 2 aromatic rings. The van der Waals surface area contributed by atoms with Gasteiger partial charge in [-0.05, 0) is 25.1 Å². The van der Waals surface area contributed by atoms with E-state index in [1.807, 2.05) is 25.2 Å². The van der Waals surface area contributed by atoms with Gasteiger partial charge in [0, 0.05) is 12.2 Å². The molecule has 98 valence electrons. The maximum absolute atomic E-state index is 12.4. The van der Waals surface area contributed by atoms with Gasteiger partial charge in [0.25, 0.3) is 5.91 Å². The van der Waals surface area contributed by atoms with Crippen molar-refractivity contribution in [3.05, 3.63) is 47.7 Å². The number of anilines is 1. The summed E-state index contributed by atoms with van der Waals surface area (Å²) in [5, 5.41) is 2.94. The fourth-order valence-electron chi connectivity index (χ4n) is 2.33. The van der Waals surface area contributed by atoms with E-state index in [1.54, 1.807) is 4.90 Å². The smallest absolute Gasteiger partial charge is 0.280 e. The van der Waals surface area contributed by atoms with E-state index < -0.39 is 0 Å². The Balaban J connectivity index is 1.85. The van der Waals surface area contributed by atoms with E-state index in [0.717, 1.165) is 12.1 Å². The number of benzene rings is 1. The van der Waals surface area contributed by atoms with Crippen LogP contribution in [0.1, 0.15) is 21.9 Å². The van der Waals surface area contributed by atoms with Crippen LogP contribution in [0, 0.1) is 0 Å². The van der Waals surface area contributed by atoms with Gasteiger partial charge in [-0.25, -0.2) is 4.98 Å². The van der Waals surface area contributed by atoms with Crippen molar-refractivity contribution in [1.29, 1.82) is 0 Å². The Morgan fingerprint density at radius 3 is 3.16 bits per heavy atom. The molecule has 1 aliphatic heterocycles. The lowest BCUT2D eigenvalue weighted by Gasteiger charge is -2.15. The summed E-state index contributed by atoms with van der Waals surface area (Å²) in [7, 11) is 1.81. The average Bonchev–Trinajstić information content (AvgIpc) is 3.05. The molecule has 0 saturated carbocycles. The highest BCUT2D eigenvalue weighted by molar-refractivity contribution is 6.05. The van der Waals surface area contributed by atoms with E-state index in [0.29, 0.717) is 24.7 Å². The second kappa shape index (κ2) is 4.85. The summed E-state index contributed by atoms with van der Waals surface area (Å²) in [6.07, 6.45) is 2.32. The van der Waals surface area contributed by atoms with E-state index >= 15 is 0 Å². The van der Waals surface area contributed by atoms with Crippen molar-refractivity contribution >= 4 is 11.6 Å². The van der Waals surface area contributed by atoms with Gasteiger partial charge in [0.15, 0.2) is 5.69 Å². The summed E-state index contributed by atoms with van der Waals surface area (Å²) in [5.41, 5.74) is 2.54. The molecule has 3 rings (SSSR count). The Kier molecular flexibility index (Phi) is 3.05. The average molecular weight is 257 g/mol. The number of hydrogen-bond acceptors (Lipinski definition) is 4. The number of rotatable bonds is 3. The number of aromatic nitrogens is 1. The first-order valence-electron chi connectivity index (χ1n) is 6.28. The molecule has 2 heterocycles. The molecule has 1 aromatic heterocycles. The Morgan fingerprint density at radius 1 is 1.47 bits per heavy atom. The number of nitrogens with one attached hydrogen (secondary N) is 1. The Bertz CT molecular complexity index is 606. The number of fused-ring (bicyclic) bond motifs is 1.